The number of carbonyl (C=O) groups excluding carboxylic acids is 1. The fourth-order valence-electron chi connectivity index (χ4n) is 2.69. The monoisotopic (exact) mass is 310 g/mol. The lowest BCUT2D eigenvalue weighted by Crippen LogP contribution is -2.46. The molecule has 0 radical (unpaired) electrons. The molecule has 1 N–H and O–H groups in total. The van der Waals surface area contributed by atoms with Crippen LogP contribution in [-0.4, -0.2) is 66.8 Å². The molecule has 0 spiro atoms. The van der Waals surface area contributed by atoms with Crippen molar-refractivity contribution in [2.45, 2.75) is 25.0 Å². The highest BCUT2D eigenvalue weighted by Gasteiger charge is 2.32. The van der Waals surface area contributed by atoms with E-state index in [1.54, 1.807) is 31.1 Å². The number of likely N-dealkylation sites (tertiary alicyclic amines) is 1. The molecule has 0 bridgehead atoms. The zero-order valence-corrected chi connectivity index (χ0v) is 13.0. The molecule has 6 heteroatoms. The van der Waals surface area contributed by atoms with E-state index in [0.717, 1.165) is 19.4 Å². The highest BCUT2D eigenvalue weighted by molar-refractivity contribution is 5.81. The first kappa shape index (κ1) is 16.7. The van der Waals surface area contributed by atoms with Gasteiger partial charge in [-0.2, -0.15) is 0 Å². The second-order valence-corrected chi connectivity index (χ2v) is 5.78. The Bertz CT molecular complexity index is 510. The fourth-order valence-corrected chi connectivity index (χ4v) is 2.69. The number of aliphatic hydroxyl groups is 1. The van der Waals surface area contributed by atoms with Crippen molar-refractivity contribution in [2.75, 3.05) is 33.8 Å². The van der Waals surface area contributed by atoms with E-state index >= 15 is 0 Å². The fraction of sp³-hybridized carbons (Fsp3) is 0.562. The lowest BCUT2D eigenvalue weighted by molar-refractivity contribution is -0.133. The van der Waals surface area contributed by atoms with E-state index in [2.05, 4.69) is 0 Å². The Morgan fingerprint density at radius 2 is 2.23 bits per heavy atom. The van der Waals surface area contributed by atoms with Gasteiger partial charge in [0.25, 0.3) is 0 Å². The molecule has 1 aliphatic heterocycles. The Morgan fingerprint density at radius 1 is 1.50 bits per heavy atom. The molecule has 1 aromatic rings. The summed E-state index contributed by atoms with van der Waals surface area (Å²) in [7, 11) is 3.47. The molecule has 122 valence electrons. The van der Waals surface area contributed by atoms with Gasteiger partial charge < -0.3 is 14.7 Å². The summed E-state index contributed by atoms with van der Waals surface area (Å²) < 4.78 is 18.7. The van der Waals surface area contributed by atoms with Crippen LogP contribution in [0.5, 0.6) is 5.75 Å². The SMILES string of the molecule is CN(C)C(=O)C1CCCN1CC(O)COc1ccccc1F. The number of carbonyl (C=O) groups is 1. The van der Waals surface area contributed by atoms with E-state index < -0.39 is 11.9 Å². The Balaban J connectivity index is 1.85. The number of likely N-dealkylation sites (N-methyl/N-ethyl adjacent to an activating group) is 1. The van der Waals surface area contributed by atoms with Crippen molar-refractivity contribution < 1.29 is 19.0 Å². The summed E-state index contributed by atoms with van der Waals surface area (Å²) in [6.45, 7) is 1.13. The Morgan fingerprint density at radius 3 is 2.91 bits per heavy atom. The van der Waals surface area contributed by atoms with Gasteiger partial charge in [-0.3, -0.25) is 9.69 Å². The number of para-hydroxylation sites is 1. The van der Waals surface area contributed by atoms with Crippen molar-refractivity contribution >= 4 is 5.91 Å². The molecule has 1 aromatic carbocycles. The van der Waals surface area contributed by atoms with Crippen LogP contribution in [0, 0.1) is 5.82 Å². The number of amides is 1. The van der Waals surface area contributed by atoms with Crippen LogP contribution in [-0.2, 0) is 4.79 Å². The summed E-state index contributed by atoms with van der Waals surface area (Å²) in [6, 6.07) is 5.92. The van der Waals surface area contributed by atoms with Gasteiger partial charge in [0.15, 0.2) is 11.6 Å². The van der Waals surface area contributed by atoms with Gasteiger partial charge in [-0.1, -0.05) is 12.1 Å². The van der Waals surface area contributed by atoms with Crippen molar-refractivity contribution in [2.24, 2.45) is 0 Å². The number of halogens is 1. The van der Waals surface area contributed by atoms with Gasteiger partial charge >= 0.3 is 0 Å². The molecule has 1 fully saturated rings. The van der Waals surface area contributed by atoms with Crippen LogP contribution in [0.3, 0.4) is 0 Å². The highest BCUT2D eigenvalue weighted by Crippen LogP contribution is 2.20. The molecule has 1 aliphatic rings. The average molecular weight is 310 g/mol. The molecule has 0 aromatic heterocycles. The number of benzene rings is 1. The minimum absolute atomic E-state index is 0.000306. The summed E-state index contributed by atoms with van der Waals surface area (Å²) >= 11 is 0. The van der Waals surface area contributed by atoms with E-state index in [0.29, 0.717) is 6.54 Å². The topological polar surface area (TPSA) is 53.0 Å². The van der Waals surface area contributed by atoms with Gasteiger partial charge in [0.2, 0.25) is 5.91 Å². The number of hydrogen-bond acceptors (Lipinski definition) is 4. The Kier molecular flexibility index (Phi) is 5.74. The Labute approximate surface area is 130 Å². The van der Waals surface area contributed by atoms with E-state index in [9.17, 15) is 14.3 Å². The lowest BCUT2D eigenvalue weighted by atomic mass is 10.2. The number of β-amino-alcohol motifs (C(OH)–C–C–N with tert-alkyl or cyclic N) is 1. The number of nitrogens with zero attached hydrogens (tertiary/aromatic N) is 2. The lowest BCUT2D eigenvalue weighted by Gasteiger charge is -2.27. The largest absolute Gasteiger partial charge is 0.488 e. The number of ether oxygens (including phenoxy) is 1. The van der Waals surface area contributed by atoms with Crippen molar-refractivity contribution in [1.29, 1.82) is 0 Å². The summed E-state index contributed by atoms with van der Waals surface area (Å²) in [5.74, 6) is -0.264. The molecule has 2 rings (SSSR count). The molecule has 1 saturated heterocycles. The second kappa shape index (κ2) is 7.56. The van der Waals surface area contributed by atoms with Crippen LogP contribution in [0.4, 0.5) is 4.39 Å². The third kappa shape index (κ3) is 4.18. The quantitative estimate of drug-likeness (QED) is 0.855. The number of aliphatic hydroxyl groups excluding tert-OH is 1. The summed E-state index contributed by atoms with van der Waals surface area (Å²) in [5.41, 5.74) is 0. The van der Waals surface area contributed by atoms with Crippen molar-refractivity contribution in [3.63, 3.8) is 0 Å². The number of hydrogen-bond donors (Lipinski definition) is 1. The Hall–Kier alpha value is -1.66. The maximum atomic E-state index is 13.4. The maximum Gasteiger partial charge on any atom is 0.239 e. The summed E-state index contributed by atoms with van der Waals surface area (Å²) in [4.78, 5) is 15.6. The minimum Gasteiger partial charge on any atom is -0.488 e. The van der Waals surface area contributed by atoms with Crippen LogP contribution in [0.25, 0.3) is 0 Å². The third-order valence-corrected chi connectivity index (χ3v) is 3.80. The maximum absolute atomic E-state index is 13.4. The standard InChI is InChI=1S/C16H23FN2O3/c1-18(2)16(21)14-7-5-9-19(14)10-12(20)11-22-15-8-4-3-6-13(15)17/h3-4,6,8,12,14,20H,5,7,9-11H2,1-2H3. The molecule has 0 aliphatic carbocycles. The minimum atomic E-state index is -0.768. The molecule has 5 nitrogen and oxygen atoms in total. The van der Waals surface area contributed by atoms with Gasteiger partial charge in [-0.05, 0) is 31.5 Å². The summed E-state index contributed by atoms with van der Waals surface area (Å²) in [6.07, 6.45) is 0.971. The van der Waals surface area contributed by atoms with Crippen LogP contribution >= 0.6 is 0 Å². The molecule has 1 amide bonds. The van der Waals surface area contributed by atoms with Gasteiger partial charge in [-0.15, -0.1) is 0 Å². The first-order chi connectivity index (χ1) is 10.5. The molecular weight excluding hydrogens is 287 g/mol. The van der Waals surface area contributed by atoms with Gasteiger partial charge in [0.1, 0.15) is 12.7 Å². The molecule has 0 saturated carbocycles. The summed E-state index contributed by atoms with van der Waals surface area (Å²) in [5, 5.41) is 10.1. The van der Waals surface area contributed by atoms with Crippen LogP contribution < -0.4 is 4.74 Å². The van der Waals surface area contributed by atoms with Crippen molar-refractivity contribution in [1.82, 2.24) is 9.80 Å². The predicted molar refractivity (Wildman–Crippen MR) is 81.2 cm³/mol. The zero-order valence-electron chi connectivity index (χ0n) is 13.0. The zero-order chi connectivity index (χ0) is 16.1. The second-order valence-electron chi connectivity index (χ2n) is 5.78. The van der Waals surface area contributed by atoms with Crippen LogP contribution in [0.2, 0.25) is 0 Å². The van der Waals surface area contributed by atoms with Crippen LogP contribution in [0.15, 0.2) is 24.3 Å². The van der Waals surface area contributed by atoms with Gasteiger partial charge in [0.05, 0.1) is 6.04 Å². The van der Waals surface area contributed by atoms with E-state index in [1.165, 1.54) is 12.1 Å². The van der Waals surface area contributed by atoms with Gasteiger partial charge in [0, 0.05) is 20.6 Å². The van der Waals surface area contributed by atoms with Crippen molar-refractivity contribution in [3.8, 4) is 5.75 Å². The smallest absolute Gasteiger partial charge is 0.239 e. The van der Waals surface area contributed by atoms with Crippen LogP contribution in [0.1, 0.15) is 12.8 Å². The normalized spacial score (nSPS) is 19.9. The number of rotatable bonds is 6. The molecule has 2 unspecified atom stereocenters. The first-order valence-electron chi connectivity index (χ1n) is 7.49. The molecule has 1 heterocycles. The van der Waals surface area contributed by atoms with Crippen molar-refractivity contribution in [3.05, 3.63) is 30.1 Å². The average Bonchev–Trinajstić information content (AvgIpc) is 2.93. The molecule has 2 atom stereocenters. The molecule has 22 heavy (non-hydrogen) atoms. The van der Waals surface area contributed by atoms with E-state index in [1.807, 2.05) is 4.90 Å². The third-order valence-electron chi connectivity index (χ3n) is 3.80. The highest BCUT2D eigenvalue weighted by atomic mass is 19.1. The van der Waals surface area contributed by atoms with Gasteiger partial charge in [-0.25, -0.2) is 4.39 Å². The van der Waals surface area contributed by atoms with E-state index in [4.69, 9.17) is 4.74 Å². The molecular formula is C16H23FN2O3. The first-order valence-corrected chi connectivity index (χ1v) is 7.49. The van der Waals surface area contributed by atoms with E-state index in [-0.39, 0.29) is 24.3 Å². The predicted octanol–water partition coefficient (Wildman–Crippen LogP) is 1.12.